The maximum Gasteiger partial charge on any atom is 0.0854 e. The molecule has 0 bridgehead atoms. The van der Waals surface area contributed by atoms with E-state index in [0.29, 0.717) is 5.69 Å². The van der Waals surface area contributed by atoms with Gasteiger partial charge in [-0.3, -0.25) is 4.98 Å². The van der Waals surface area contributed by atoms with Crippen LogP contribution < -0.4 is 4.90 Å². The van der Waals surface area contributed by atoms with Crippen LogP contribution in [0.3, 0.4) is 0 Å². The minimum Gasteiger partial charge on any atom is -0.394 e. The molecule has 0 spiro atoms. The molecule has 1 aliphatic heterocycles. The lowest BCUT2D eigenvalue weighted by atomic mass is 10.1. The molecular weight excluding hydrogens is 240 g/mol. The number of rotatable bonds is 3. The number of aliphatic hydroxyl groups is 2. The summed E-state index contributed by atoms with van der Waals surface area (Å²) >= 11 is 0. The molecule has 1 aromatic carbocycles. The summed E-state index contributed by atoms with van der Waals surface area (Å²) < 4.78 is 0. The maximum atomic E-state index is 9.49. The van der Waals surface area contributed by atoms with Crippen molar-refractivity contribution in [2.24, 2.45) is 0 Å². The third kappa shape index (κ3) is 2.17. The van der Waals surface area contributed by atoms with Crippen LogP contribution in [0.15, 0.2) is 30.3 Å². The summed E-state index contributed by atoms with van der Waals surface area (Å²) in [6.07, 6.45) is 2.11. The molecule has 2 aromatic rings. The lowest BCUT2D eigenvalue weighted by molar-refractivity contribution is 0.266. The molecule has 0 saturated carbocycles. The fourth-order valence-electron chi connectivity index (χ4n) is 2.87. The minimum absolute atomic E-state index is 0.0601. The van der Waals surface area contributed by atoms with Crippen LogP contribution in [-0.4, -0.2) is 34.4 Å². The van der Waals surface area contributed by atoms with Gasteiger partial charge in [-0.2, -0.15) is 0 Å². The zero-order valence-corrected chi connectivity index (χ0v) is 10.8. The first-order valence-electron chi connectivity index (χ1n) is 6.70. The number of aliphatic hydroxyl groups excluding tert-OH is 2. The normalized spacial score (nSPS) is 19.3. The van der Waals surface area contributed by atoms with Crippen molar-refractivity contribution in [3.63, 3.8) is 0 Å². The Morgan fingerprint density at radius 1 is 1.26 bits per heavy atom. The largest absolute Gasteiger partial charge is 0.394 e. The molecule has 0 aliphatic carbocycles. The van der Waals surface area contributed by atoms with Gasteiger partial charge in [0.15, 0.2) is 0 Å². The van der Waals surface area contributed by atoms with E-state index in [0.717, 1.165) is 36.0 Å². The van der Waals surface area contributed by atoms with Crippen molar-refractivity contribution >= 4 is 16.6 Å². The lowest BCUT2D eigenvalue weighted by Crippen LogP contribution is -2.32. The molecule has 2 N–H and O–H groups in total. The summed E-state index contributed by atoms with van der Waals surface area (Å²) in [6.45, 7) is 1.06. The molecular formula is C15H18N2O2. The van der Waals surface area contributed by atoms with Crippen molar-refractivity contribution < 1.29 is 10.2 Å². The number of hydrogen-bond donors (Lipinski definition) is 2. The molecule has 4 nitrogen and oxygen atoms in total. The molecule has 0 radical (unpaired) electrons. The summed E-state index contributed by atoms with van der Waals surface area (Å²) in [5, 5.41) is 19.9. The van der Waals surface area contributed by atoms with E-state index in [9.17, 15) is 10.2 Å². The number of hydrogen-bond acceptors (Lipinski definition) is 4. The molecule has 1 aliphatic rings. The Labute approximate surface area is 112 Å². The van der Waals surface area contributed by atoms with Crippen LogP contribution in [0.2, 0.25) is 0 Å². The van der Waals surface area contributed by atoms with Crippen molar-refractivity contribution in [2.45, 2.75) is 25.5 Å². The number of fused-ring (bicyclic) bond motifs is 1. The number of aromatic nitrogens is 1. The van der Waals surface area contributed by atoms with E-state index >= 15 is 0 Å². The van der Waals surface area contributed by atoms with E-state index in [4.69, 9.17) is 0 Å². The van der Waals surface area contributed by atoms with E-state index in [-0.39, 0.29) is 19.3 Å². The summed E-state index contributed by atoms with van der Waals surface area (Å²) in [5.41, 5.74) is 2.65. The molecule has 1 aromatic heterocycles. The van der Waals surface area contributed by atoms with Crippen molar-refractivity contribution in [1.82, 2.24) is 4.98 Å². The second-order valence-electron chi connectivity index (χ2n) is 4.98. The van der Waals surface area contributed by atoms with Gasteiger partial charge in [0, 0.05) is 17.6 Å². The monoisotopic (exact) mass is 258 g/mol. The molecule has 1 unspecified atom stereocenters. The molecule has 2 heterocycles. The third-order valence-electron chi connectivity index (χ3n) is 3.81. The quantitative estimate of drug-likeness (QED) is 0.879. The van der Waals surface area contributed by atoms with Gasteiger partial charge in [-0.15, -0.1) is 0 Å². The molecule has 4 heteroatoms. The molecule has 3 rings (SSSR count). The maximum absolute atomic E-state index is 9.49. The molecule has 1 saturated heterocycles. The fraction of sp³-hybridized carbons (Fsp3) is 0.400. The predicted molar refractivity (Wildman–Crippen MR) is 75.1 cm³/mol. The summed E-state index contributed by atoms with van der Waals surface area (Å²) in [4.78, 5) is 6.68. The first-order chi connectivity index (χ1) is 9.33. The van der Waals surface area contributed by atoms with Crippen molar-refractivity contribution in [3.05, 3.63) is 36.0 Å². The molecule has 19 heavy (non-hydrogen) atoms. The minimum atomic E-state index is -0.0601. The van der Waals surface area contributed by atoms with E-state index in [1.165, 1.54) is 0 Å². The molecule has 1 fully saturated rings. The zero-order chi connectivity index (χ0) is 13.2. The van der Waals surface area contributed by atoms with Crippen molar-refractivity contribution in [3.8, 4) is 0 Å². The van der Waals surface area contributed by atoms with Crippen molar-refractivity contribution in [2.75, 3.05) is 18.1 Å². The second kappa shape index (κ2) is 5.15. The average Bonchev–Trinajstić information content (AvgIpc) is 2.94. The number of benzene rings is 1. The molecule has 100 valence electrons. The first kappa shape index (κ1) is 12.4. The lowest BCUT2D eigenvalue weighted by Gasteiger charge is -2.27. The average molecular weight is 258 g/mol. The van der Waals surface area contributed by atoms with E-state index < -0.39 is 0 Å². The Morgan fingerprint density at radius 3 is 2.89 bits per heavy atom. The van der Waals surface area contributed by atoms with Gasteiger partial charge >= 0.3 is 0 Å². The Balaban J connectivity index is 2.15. The van der Waals surface area contributed by atoms with Gasteiger partial charge in [0.2, 0.25) is 0 Å². The number of nitrogens with zero attached hydrogens (tertiary/aromatic N) is 2. The highest BCUT2D eigenvalue weighted by atomic mass is 16.3. The van der Waals surface area contributed by atoms with E-state index in [2.05, 4.69) is 9.88 Å². The van der Waals surface area contributed by atoms with Crippen molar-refractivity contribution in [1.29, 1.82) is 0 Å². The Morgan fingerprint density at radius 2 is 2.11 bits per heavy atom. The molecule has 0 amide bonds. The Bertz CT molecular complexity index is 585. The third-order valence-corrected chi connectivity index (χ3v) is 3.81. The van der Waals surface area contributed by atoms with Crippen LogP contribution in [0.5, 0.6) is 0 Å². The summed E-state index contributed by atoms with van der Waals surface area (Å²) in [6, 6.07) is 10.1. The summed E-state index contributed by atoms with van der Waals surface area (Å²) in [7, 11) is 0. The van der Waals surface area contributed by atoms with Crippen LogP contribution >= 0.6 is 0 Å². The van der Waals surface area contributed by atoms with Gasteiger partial charge in [0.1, 0.15) is 0 Å². The van der Waals surface area contributed by atoms with Gasteiger partial charge in [0.05, 0.1) is 30.5 Å². The highest BCUT2D eigenvalue weighted by Gasteiger charge is 2.25. The van der Waals surface area contributed by atoms with Crippen LogP contribution in [0.4, 0.5) is 5.69 Å². The van der Waals surface area contributed by atoms with E-state index in [1.54, 1.807) is 0 Å². The van der Waals surface area contributed by atoms with Crippen LogP contribution in [0.1, 0.15) is 18.5 Å². The zero-order valence-electron chi connectivity index (χ0n) is 10.8. The van der Waals surface area contributed by atoms with Gasteiger partial charge in [-0.05, 0) is 25.0 Å². The van der Waals surface area contributed by atoms with Crippen LogP contribution in [0, 0.1) is 0 Å². The van der Waals surface area contributed by atoms with Gasteiger partial charge in [0.25, 0.3) is 0 Å². The highest BCUT2D eigenvalue weighted by Crippen LogP contribution is 2.32. The fourth-order valence-corrected chi connectivity index (χ4v) is 2.87. The highest BCUT2D eigenvalue weighted by molar-refractivity contribution is 5.92. The van der Waals surface area contributed by atoms with Crippen LogP contribution in [-0.2, 0) is 6.61 Å². The predicted octanol–water partition coefficient (Wildman–Crippen LogP) is 1.69. The SMILES string of the molecule is OCc1cc(N2CCCC2CO)c2ccccc2n1. The number of anilines is 1. The Kier molecular flexibility index (Phi) is 3.36. The standard InChI is InChI=1S/C15H18N2O2/c18-9-11-8-15(17-7-3-4-12(17)10-19)13-5-1-2-6-14(13)16-11/h1-2,5-6,8,12,18-19H,3-4,7,9-10H2. The van der Waals surface area contributed by atoms with Gasteiger partial charge < -0.3 is 15.1 Å². The van der Waals surface area contributed by atoms with Gasteiger partial charge in [-0.1, -0.05) is 18.2 Å². The van der Waals surface area contributed by atoms with E-state index in [1.807, 2.05) is 30.3 Å². The Hall–Kier alpha value is -1.65. The van der Waals surface area contributed by atoms with Gasteiger partial charge in [-0.25, -0.2) is 0 Å². The number of pyridine rings is 1. The second-order valence-corrected chi connectivity index (χ2v) is 4.98. The first-order valence-corrected chi connectivity index (χ1v) is 6.70. The molecule has 1 atom stereocenters. The van der Waals surface area contributed by atoms with Crippen LogP contribution in [0.25, 0.3) is 10.9 Å². The topological polar surface area (TPSA) is 56.6 Å². The summed E-state index contributed by atoms with van der Waals surface area (Å²) in [5.74, 6) is 0. The smallest absolute Gasteiger partial charge is 0.0854 e. The number of para-hydroxylation sites is 1.